The highest BCUT2D eigenvalue weighted by Crippen LogP contribution is 2.35. The summed E-state index contributed by atoms with van der Waals surface area (Å²) in [5, 5.41) is 0.751. The normalized spacial score (nSPS) is 17.6. The van der Waals surface area contributed by atoms with Crippen molar-refractivity contribution in [3.05, 3.63) is 53.0 Å². The summed E-state index contributed by atoms with van der Waals surface area (Å²) in [5.74, 6) is 0.343. The fraction of sp³-hybridized carbons (Fsp3) is 0.455. The summed E-state index contributed by atoms with van der Waals surface area (Å²) >= 11 is 0. The van der Waals surface area contributed by atoms with Crippen molar-refractivity contribution < 1.29 is 9.18 Å². The zero-order valence-corrected chi connectivity index (χ0v) is 16.2. The van der Waals surface area contributed by atoms with Crippen LogP contribution >= 0.6 is 0 Å². The van der Waals surface area contributed by atoms with Crippen molar-refractivity contribution in [3.8, 4) is 0 Å². The van der Waals surface area contributed by atoms with Crippen molar-refractivity contribution in [2.24, 2.45) is 5.92 Å². The number of hydrogen-bond donors (Lipinski definition) is 1. The van der Waals surface area contributed by atoms with Crippen LogP contribution in [0.5, 0.6) is 0 Å². The number of imidazole rings is 1. The quantitative estimate of drug-likeness (QED) is 0.737. The Kier molecular flexibility index (Phi) is 4.22. The van der Waals surface area contributed by atoms with Crippen molar-refractivity contribution in [1.29, 1.82) is 0 Å². The van der Waals surface area contributed by atoms with Gasteiger partial charge in [-0.05, 0) is 31.7 Å². The van der Waals surface area contributed by atoms with Crippen molar-refractivity contribution in [1.82, 2.24) is 19.4 Å². The van der Waals surface area contributed by atoms with E-state index in [4.69, 9.17) is 0 Å². The summed E-state index contributed by atoms with van der Waals surface area (Å²) in [6.07, 6.45) is 7.32. The van der Waals surface area contributed by atoms with Crippen molar-refractivity contribution in [2.45, 2.75) is 52.1 Å². The van der Waals surface area contributed by atoms with Gasteiger partial charge in [0.25, 0.3) is 5.91 Å². The van der Waals surface area contributed by atoms with E-state index in [1.54, 1.807) is 12.4 Å². The predicted molar refractivity (Wildman–Crippen MR) is 106 cm³/mol. The molecule has 3 aromatic rings. The van der Waals surface area contributed by atoms with Crippen molar-refractivity contribution in [2.75, 3.05) is 6.54 Å². The molecule has 28 heavy (non-hydrogen) atoms. The molecule has 0 atom stereocenters. The van der Waals surface area contributed by atoms with Crippen LogP contribution in [-0.2, 0) is 19.5 Å². The molecule has 1 fully saturated rings. The first-order chi connectivity index (χ1) is 13.6. The maximum atomic E-state index is 14.8. The van der Waals surface area contributed by atoms with Gasteiger partial charge < -0.3 is 14.5 Å². The number of carbonyl (C=O) groups is 1. The molecule has 3 heterocycles. The van der Waals surface area contributed by atoms with E-state index >= 15 is 0 Å². The molecule has 0 bridgehead atoms. The first-order valence-corrected chi connectivity index (χ1v) is 10.2. The summed E-state index contributed by atoms with van der Waals surface area (Å²) in [6, 6.07) is 5.11. The number of fused-ring (bicyclic) bond motifs is 3. The third kappa shape index (κ3) is 2.74. The number of para-hydroxylation sites is 1. The third-order valence-corrected chi connectivity index (χ3v) is 6.45. The number of amides is 1. The monoisotopic (exact) mass is 380 g/mol. The summed E-state index contributed by atoms with van der Waals surface area (Å²) in [6.45, 7) is 3.91. The SMILES string of the molecule is Cc1[nH]cnc1CN1CCc2c(c3cccc(F)c3n2CC2CCCC2)C1=O. The van der Waals surface area contributed by atoms with E-state index in [0.717, 1.165) is 35.4 Å². The number of nitrogens with one attached hydrogen (secondary N) is 1. The van der Waals surface area contributed by atoms with Crippen LogP contribution in [0.4, 0.5) is 4.39 Å². The van der Waals surface area contributed by atoms with Gasteiger partial charge >= 0.3 is 0 Å². The number of benzene rings is 1. The van der Waals surface area contributed by atoms with Gasteiger partial charge in [0.15, 0.2) is 0 Å². The molecular weight excluding hydrogens is 355 g/mol. The minimum atomic E-state index is -0.229. The minimum absolute atomic E-state index is 0.00979. The van der Waals surface area contributed by atoms with E-state index in [0.29, 0.717) is 30.1 Å². The second-order valence-corrected chi connectivity index (χ2v) is 8.17. The van der Waals surface area contributed by atoms with Gasteiger partial charge in [0.2, 0.25) is 0 Å². The Morgan fingerprint density at radius 1 is 1.29 bits per heavy atom. The van der Waals surface area contributed by atoms with Gasteiger partial charge in [-0.15, -0.1) is 0 Å². The molecule has 146 valence electrons. The summed E-state index contributed by atoms with van der Waals surface area (Å²) < 4.78 is 16.9. The number of aromatic nitrogens is 3. The van der Waals surface area contributed by atoms with Gasteiger partial charge in [0, 0.05) is 36.3 Å². The standard InChI is InChI=1S/C22H25FN4O/c1-14-18(25-13-24-14)12-26-10-9-19-20(22(26)28)16-7-4-8-17(23)21(16)27(19)11-15-5-2-3-6-15/h4,7-8,13,15H,2-3,5-6,9-12H2,1H3,(H,24,25). The Hall–Kier alpha value is -2.63. The Morgan fingerprint density at radius 2 is 2.11 bits per heavy atom. The Bertz CT molecular complexity index is 1040. The van der Waals surface area contributed by atoms with E-state index < -0.39 is 0 Å². The van der Waals surface area contributed by atoms with Gasteiger partial charge in [0.1, 0.15) is 5.82 Å². The maximum absolute atomic E-state index is 14.8. The number of H-pyrrole nitrogens is 1. The zero-order chi connectivity index (χ0) is 19.3. The van der Waals surface area contributed by atoms with Gasteiger partial charge in [-0.3, -0.25) is 4.79 Å². The second kappa shape index (κ2) is 6.76. The van der Waals surface area contributed by atoms with E-state index in [1.807, 2.05) is 17.9 Å². The van der Waals surface area contributed by atoms with Crippen LogP contribution in [-0.4, -0.2) is 31.9 Å². The summed E-state index contributed by atoms with van der Waals surface area (Å²) in [7, 11) is 0. The first-order valence-electron chi connectivity index (χ1n) is 10.2. The van der Waals surface area contributed by atoms with Crippen LogP contribution in [0.2, 0.25) is 0 Å². The topological polar surface area (TPSA) is 53.9 Å². The molecule has 6 heteroatoms. The maximum Gasteiger partial charge on any atom is 0.256 e. The molecule has 1 saturated carbocycles. The molecule has 1 amide bonds. The van der Waals surface area contributed by atoms with Gasteiger partial charge in [-0.2, -0.15) is 0 Å². The Morgan fingerprint density at radius 3 is 2.86 bits per heavy atom. The molecular formula is C22H25FN4O. The second-order valence-electron chi connectivity index (χ2n) is 8.17. The number of halogens is 1. The third-order valence-electron chi connectivity index (χ3n) is 6.45. The highest BCUT2D eigenvalue weighted by Gasteiger charge is 2.33. The molecule has 0 spiro atoms. The highest BCUT2D eigenvalue weighted by molar-refractivity contribution is 6.09. The molecule has 1 N–H and O–H groups in total. The largest absolute Gasteiger partial charge is 0.348 e. The van der Waals surface area contributed by atoms with Gasteiger partial charge in [0.05, 0.1) is 29.6 Å². The van der Waals surface area contributed by atoms with Crippen LogP contribution < -0.4 is 0 Å². The minimum Gasteiger partial charge on any atom is -0.348 e. The Balaban J connectivity index is 1.57. The molecule has 0 saturated heterocycles. The van der Waals surface area contributed by atoms with Crippen LogP contribution in [0.15, 0.2) is 24.5 Å². The van der Waals surface area contributed by atoms with Crippen LogP contribution in [0.3, 0.4) is 0 Å². The lowest BCUT2D eigenvalue weighted by atomic mass is 10.0. The average molecular weight is 380 g/mol. The van der Waals surface area contributed by atoms with Crippen molar-refractivity contribution in [3.63, 3.8) is 0 Å². The molecule has 1 aromatic carbocycles. The summed E-state index contributed by atoms with van der Waals surface area (Å²) in [5.41, 5.74) is 4.16. The molecule has 0 unspecified atom stereocenters. The number of aryl methyl sites for hydroxylation is 1. The number of hydrogen-bond acceptors (Lipinski definition) is 2. The van der Waals surface area contributed by atoms with Crippen molar-refractivity contribution >= 4 is 16.8 Å². The van der Waals surface area contributed by atoms with Crippen LogP contribution in [0, 0.1) is 18.7 Å². The Labute approximate surface area is 163 Å². The van der Waals surface area contributed by atoms with Gasteiger partial charge in [-0.25, -0.2) is 9.37 Å². The lowest BCUT2D eigenvalue weighted by Gasteiger charge is -2.28. The van der Waals surface area contributed by atoms with E-state index in [-0.39, 0.29) is 11.7 Å². The molecule has 0 radical (unpaired) electrons. The van der Waals surface area contributed by atoms with Crippen LogP contribution in [0.1, 0.15) is 53.1 Å². The molecule has 1 aliphatic heterocycles. The average Bonchev–Trinajstić information content (AvgIpc) is 3.40. The predicted octanol–water partition coefficient (Wildman–Crippen LogP) is 4.20. The number of nitrogens with zero attached hydrogens (tertiary/aromatic N) is 3. The molecule has 2 aliphatic rings. The van der Waals surface area contributed by atoms with E-state index in [1.165, 1.54) is 31.7 Å². The number of aromatic amines is 1. The van der Waals surface area contributed by atoms with E-state index in [2.05, 4.69) is 14.5 Å². The molecule has 2 aromatic heterocycles. The fourth-order valence-corrected chi connectivity index (χ4v) is 4.95. The van der Waals surface area contributed by atoms with Gasteiger partial charge in [-0.1, -0.05) is 25.0 Å². The number of carbonyl (C=O) groups excluding carboxylic acids is 1. The lowest BCUT2D eigenvalue weighted by molar-refractivity contribution is 0.0724. The highest BCUT2D eigenvalue weighted by atomic mass is 19.1. The van der Waals surface area contributed by atoms with E-state index in [9.17, 15) is 9.18 Å². The number of rotatable bonds is 4. The molecule has 5 nitrogen and oxygen atoms in total. The smallest absolute Gasteiger partial charge is 0.256 e. The zero-order valence-electron chi connectivity index (χ0n) is 16.2. The molecule has 5 rings (SSSR count). The summed E-state index contributed by atoms with van der Waals surface area (Å²) in [4.78, 5) is 22.6. The lowest BCUT2D eigenvalue weighted by Crippen LogP contribution is -2.37. The first kappa shape index (κ1) is 17.5. The fourth-order valence-electron chi connectivity index (χ4n) is 4.95. The van der Waals surface area contributed by atoms with Crippen LogP contribution in [0.25, 0.3) is 10.9 Å². The molecule has 1 aliphatic carbocycles.